The van der Waals surface area contributed by atoms with Gasteiger partial charge in [-0.05, 0) is 25.5 Å². The summed E-state index contributed by atoms with van der Waals surface area (Å²) in [6.45, 7) is 3.97. The Bertz CT molecular complexity index is 485. The first-order valence-corrected chi connectivity index (χ1v) is 5.06. The molecule has 82 valence electrons. The number of rotatable bonds is 3. The number of hydrazone groups is 1. The van der Waals surface area contributed by atoms with Gasteiger partial charge in [-0.3, -0.25) is 5.43 Å². The molecule has 1 rings (SSSR count). The molecule has 5 heteroatoms. The molecule has 0 aliphatic rings. The summed E-state index contributed by atoms with van der Waals surface area (Å²) in [4.78, 5) is -0.0141. The van der Waals surface area contributed by atoms with E-state index in [-0.39, 0.29) is 10.7 Å². The molecule has 0 bridgehead atoms. The summed E-state index contributed by atoms with van der Waals surface area (Å²) in [7, 11) is 0. The van der Waals surface area contributed by atoms with Crippen LogP contribution in [0.4, 0.5) is 5.69 Å². The lowest BCUT2D eigenvalue weighted by Gasteiger charge is -2.05. The van der Waals surface area contributed by atoms with Crippen molar-refractivity contribution in [2.24, 2.45) is 10.8 Å². The van der Waals surface area contributed by atoms with Gasteiger partial charge in [-0.15, -0.1) is 0 Å². The Hall–Kier alpha value is -1.93. The normalized spacial score (nSPS) is 10.7. The highest BCUT2D eigenvalue weighted by Gasteiger charge is 2.01. The summed E-state index contributed by atoms with van der Waals surface area (Å²) in [5.41, 5.74) is 11.1. The Kier molecular flexibility index (Phi) is 3.97. The average molecular weight is 232 g/mol. The van der Waals surface area contributed by atoms with Crippen molar-refractivity contribution in [2.75, 3.05) is 5.43 Å². The highest BCUT2D eigenvalue weighted by Crippen LogP contribution is 2.15. The molecule has 0 aromatic heterocycles. The lowest BCUT2D eigenvalue weighted by atomic mass is 10.1. The minimum absolute atomic E-state index is 0.0141. The van der Waals surface area contributed by atoms with Crippen LogP contribution in [0.3, 0.4) is 0 Å². The third-order valence-electron chi connectivity index (χ3n) is 2.01. The zero-order valence-electron chi connectivity index (χ0n) is 9.11. The van der Waals surface area contributed by atoms with Gasteiger partial charge in [-0.25, -0.2) is 0 Å². The molecule has 0 amide bonds. The first kappa shape index (κ1) is 12.1. The molecule has 0 radical (unpaired) electrons. The van der Waals surface area contributed by atoms with Gasteiger partial charge in [0.25, 0.3) is 0 Å². The maximum atomic E-state index is 8.70. The summed E-state index contributed by atoms with van der Waals surface area (Å²) in [5, 5.41) is 12.5. The van der Waals surface area contributed by atoms with Crippen molar-refractivity contribution < 1.29 is 0 Å². The Balaban J connectivity index is 2.90. The second-order valence-corrected chi connectivity index (χ2v) is 3.81. The maximum absolute atomic E-state index is 8.70. The van der Waals surface area contributed by atoms with Crippen molar-refractivity contribution in [3.63, 3.8) is 0 Å². The smallest absolute Gasteiger partial charge is 0.194 e. The van der Waals surface area contributed by atoms with Crippen LogP contribution in [0, 0.1) is 25.2 Å². The van der Waals surface area contributed by atoms with Crippen LogP contribution in [0.2, 0.25) is 0 Å². The third-order valence-corrected chi connectivity index (χ3v) is 2.20. The number of hydrogen-bond acceptors (Lipinski definition) is 4. The number of anilines is 1. The first-order valence-electron chi connectivity index (χ1n) is 4.65. The number of aryl methyl sites for hydroxylation is 2. The number of nitriles is 1. The van der Waals surface area contributed by atoms with Crippen molar-refractivity contribution in [1.29, 1.82) is 5.26 Å². The standard InChI is InChI=1S/C11H12N4S/c1-7-3-4-9(8(2)5-7)14-15-10(6-12)11(13)16/h3-5,14H,1-2H3,(H2,13,16)/b15-10+. The molecule has 0 aliphatic carbocycles. The van der Waals surface area contributed by atoms with Gasteiger partial charge in [0.2, 0.25) is 0 Å². The predicted molar refractivity (Wildman–Crippen MR) is 69.4 cm³/mol. The Morgan fingerprint density at radius 3 is 2.69 bits per heavy atom. The number of thiocarbonyl (C=S) groups is 1. The SMILES string of the molecule is Cc1ccc(N/N=C(\C#N)C(N)=S)c(C)c1. The van der Waals surface area contributed by atoms with E-state index in [0.717, 1.165) is 11.3 Å². The molecular formula is C11H12N4S. The minimum atomic E-state index is -0.0141. The predicted octanol–water partition coefficient (Wildman–Crippen LogP) is 1.88. The van der Waals surface area contributed by atoms with Gasteiger partial charge >= 0.3 is 0 Å². The number of nitrogens with zero attached hydrogens (tertiary/aromatic N) is 2. The maximum Gasteiger partial charge on any atom is 0.194 e. The van der Waals surface area contributed by atoms with E-state index < -0.39 is 0 Å². The molecule has 0 atom stereocenters. The molecule has 16 heavy (non-hydrogen) atoms. The van der Waals surface area contributed by atoms with Gasteiger partial charge in [-0.2, -0.15) is 10.4 Å². The zero-order chi connectivity index (χ0) is 12.1. The minimum Gasteiger partial charge on any atom is -0.387 e. The summed E-state index contributed by atoms with van der Waals surface area (Å²) >= 11 is 4.67. The molecule has 0 spiro atoms. The molecular weight excluding hydrogens is 220 g/mol. The Labute approximate surface area is 99.8 Å². The summed E-state index contributed by atoms with van der Waals surface area (Å²) in [6.07, 6.45) is 0. The van der Waals surface area contributed by atoms with E-state index >= 15 is 0 Å². The van der Waals surface area contributed by atoms with Gasteiger partial charge in [0.15, 0.2) is 5.71 Å². The van der Waals surface area contributed by atoms with E-state index in [2.05, 4.69) is 22.7 Å². The second kappa shape index (κ2) is 5.24. The lowest BCUT2D eigenvalue weighted by Crippen LogP contribution is -2.20. The van der Waals surface area contributed by atoms with Crippen molar-refractivity contribution in [3.8, 4) is 6.07 Å². The second-order valence-electron chi connectivity index (χ2n) is 3.37. The number of nitrogens with two attached hydrogens (primary N) is 1. The van der Waals surface area contributed by atoms with E-state index in [4.69, 9.17) is 11.0 Å². The Morgan fingerprint density at radius 1 is 1.50 bits per heavy atom. The molecule has 1 aromatic carbocycles. The molecule has 0 heterocycles. The van der Waals surface area contributed by atoms with E-state index in [1.165, 1.54) is 5.56 Å². The number of hydrogen-bond donors (Lipinski definition) is 2. The number of benzene rings is 1. The van der Waals surface area contributed by atoms with Crippen molar-refractivity contribution >= 4 is 28.6 Å². The van der Waals surface area contributed by atoms with Crippen LogP contribution in [0.25, 0.3) is 0 Å². The van der Waals surface area contributed by atoms with Crippen molar-refractivity contribution in [2.45, 2.75) is 13.8 Å². The molecule has 1 aromatic rings. The van der Waals surface area contributed by atoms with E-state index in [9.17, 15) is 0 Å². The fourth-order valence-electron chi connectivity index (χ4n) is 1.19. The quantitative estimate of drug-likeness (QED) is 0.474. The topological polar surface area (TPSA) is 74.2 Å². The van der Waals surface area contributed by atoms with Crippen LogP contribution < -0.4 is 11.2 Å². The van der Waals surface area contributed by atoms with Crippen molar-refractivity contribution in [3.05, 3.63) is 29.3 Å². The summed E-state index contributed by atoms with van der Waals surface area (Å²) in [6, 6.07) is 7.69. The molecule has 4 nitrogen and oxygen atoms in total. The summed E-state index contributed by atoms with van der Waals surface area (Å²) in [5.74, 6) is 0. The molecule has 0 aliphatic heterocycles. The molecule has 0 unspecified atom stereocenters. The van der Waals surface area contributed by atoms with Gasteiger partial charge in [0.05, 0.1) is 5.69 Å². The highest BCUT2D eigenvalue weighted by molar-refractivity contribution is 7.82. The van der Waals surface area contributed by atoms with Crippen LogP contribution in [-0.4, -0.2) is 10.7 Å². The molecule has 0 saturated carbocycles. The zero-order valence-corrected chi connectivity index (χ0v) is 9.93. The van der Waals surface area contributed by atoms with Gasteiger partial charge in [-0.1, -0.05) is 29.9 Å². The average Bonchev–Trinajstić information content (AvgIpc) is 2.21. The van der Waals surface area contributed by atoms with Gasteiger partial charge < -0.3 is 5.73 Å². The third kappa shape index (κ3) is 3.04. The molecule has 3 N–H and O–H groups in total. The van der Waals surface area contributed by atoms with E-state index in [0.29, 0.717) is 0 Å². The van der Waals surface area contributed by atoms with Crippen LogP contribution in [-0.2, 0) is 0 Å². The van der Waals surface area contributed by atoms with Crippen molar-refractivity contribution in [1.82, 2.24) is 0 Å². The van der Waals surface area contributed by atoms with Crippen LogP contribution >= 0.6 is 12.2 Å². The summed E-state index contributed by atoms with van der Waals surface area (Å²) < 4.78 is 0. The van der Waals surface area contributed by atoms with Crippen LogP contribution in [0.15, 0.2) is 23.3 Å². The van der Waals surface area contributed by atoms with Gasteiger partial charge in [0, 0.05) is 0 Å². The molecule has 0 saturated heterocycles. The van der Waals surface area contributed by atoms with Crippen LogP contribution in [0.5, 0.6) is 0 Å². The fraction of sp³-hybridized carbons (Fsp3) is 0.182. The van der Waals surface area contributed by atoms with E-state index in [1.54, 1.807) is 0 Å². The fourth-order valence-corrected chi connectivity index (χ4v) is 1.28. The largest absolute Gasteiger partial charge is 0.387 e. The number of nitrogens with one attached hydrogen (secondary N) is 1. The van der Waals surface area contributed by atoms with Gasteiger partial charge in [0.1, 0.15) is 11.1 Å². The lowest BCUT2D eigenvalue weighted by molar-refractivity contribution is 1.29. The monoisotopic (exact) mass is 232 g/mol. The molecule has 0 fully saturated rings. The highest BCUT2D eigenvalue weighted by atomic mass is 32.1. The first-order chi connectivity index (χ1) is 7.54. The van der Waals surface area contributed by atoms with E-state index in [1.807, 2.05) is 38.1 Å². The van der Waals surface area contributed by atoms with Crippen LogP contribution in [0.1, 0.15) is 11.1 Å². The Morgan fingerprint density at radius 2 is 2.19 bits per heavy atom.